The molecule has 0 bridgehead atoms. The third-order valence-electron chi connectivity index (χ3n) is 4.06. The van der Waals surface area contributed by atoms with Gasteiger partial charge < -0.3 is 14.3 Å². The van der Waals surface area contributed by atoms with Crippen molar-refractivity contribution >= 4 is 27.9 Å². The maximum atomic E-state index is 12.2. The fourth-order valence-corrected chi connectivity index (χ4v) is 2.85. The number of para-hydroxylation sites is 1. The maximum absolute atomic E-state index is 12.2. The summed E-state index contributed by atoms with van der Waals surface area (Å²) >= 11 is 0. The lowest BCUT2D eigenvalue weighted by Gasteiger charge is -2.06. The molecule has 0 saturated heterocycles. The fraction of sp³-hybridized carbons (Fsp3) is 0.158. The summed E-state index contributed by atoms with van der Waals surface area (Å²) in [6, 6.07) is 15.6. The molecule has 4 aromatic rings. The molecule has 0 spiro atoms. The molecular weight excluding hydrogens is 302 g/mol. The number of amides is 1. The van der Waals surface area contributed by atoms with Gasteiger partial charge in [0.15, 0.2) is 11.3 Å². The number of aryl methyl sites for hydroxylation is 1. The Morgan fingerprint density at radius 1 is 1.21 bits per heavy atom. The molecule has 0 fully saturated rings. The van der Waals surface area contributed by atoms with Crippen LogP contribution in [0.25, 0.3) is 22.0 Å². The second-order valence-corrected chi connectivity index (χ2v) is 5.77. The largest absolute Gasteiger partial charge is 0.449 e. The first-order valence-corrected chi connectivity index (χ1v) is 7.90. The van der Waals surface area contributed by atoms with Crippen molar-refractivity contribution in [1.29, 1.82) is 0 Å². The third kappa shape index (κ3) is 2.65. The number of carbonyl (C=O) groups excluding carboxylic acids is 1. The summed E-state index contributed by atoms with van der Waals surface area (Å²) in [5.41, 5.74) is 3.39. The summed E-state index contributed by atoms with van der Waals surface area (Å²) in [6.45, 7) is 3.14. The number of nitrogens with one attached hydrogen (secondary N) is 1. The van der Waals surface area contributed by atoms with Crippen LogP contribution in [0.3, 0.4) is 0 Å². The van der Waals surface area contributed by atoms with Crippen LogP contribution in [0.15, 0.2) is 59.1 Å². The Balaban J connectivity index is 1.44. The Morgan fingerprint density at radius 3 is 3.00 bits per heavy atom. The van der Waals surface area contributed by atoms with Crippen LogP contribution in [0, 0.1) is 6.92 Å². The van der Waals surface area contributed by atoms with Gasteiger partial charge in [-0.05, 0) is 36.6 Å². The summed E-state index contributed by atoms with van der Waals surface area (Å²) in [5.74, 6) is 0.0718. The van der Waals surface area contributed by atoms with Crippen LogP contribution >= 0.6 is 0 Å². The Hall–Kier alpha value is -3.08. The van der Waals surface area contributed by atoms with Crippen molar-refractivity contribution in [2.45, 2.75) is 13.5 Å². The predicted molar refractivity (Wildman–Crippen MR) is 93.0 cm³/mol. The molecule has 1 N–H and O–H groups in total. The molecule has 4 rings (SSSR count). The van der Waals surface area contributed by atoms with Gasteiger partial charge in [-0.2, -0.15) is 0 Å². The second kappa shape index (κ2) is 5.85. The van der Waals surface area contributed by atoms with E-state index in [1.165, 1.54) is 5.39 Å². The van der Waals surface area contributed by atoms with E-state index in [2.05, 4.69) is 33.1 Å². The van der Waals surface area contributed by atoms with Gasteiger partial charge in [0.1, 0.15) is 5.52 Å². The summed E-state index contributed by atoms with van der Waals surface area (Å²) in [6.07, 6.45) is 2.03. The lowest BCUT2D eigenvalue weighted by atomic mass is 10.2. The average Bonchev–Trinajstić information content (AvgIpc) is 3.18. The summed E-state index contributed by atoms with van der Waals surface area (Å²) in [4.78, 5) is 16.6. The first kappa shape index (κ1) is 14.5. The summed E-state index contributed by atoms with van der Waals surface area (Å²) in [5, 5.41) is 4.09. The number of pyridine rings is 1. The van der Waals surface area contributed by atoms with Crippen LogP contribution in [0.4, 0.5) is 0 Å². The number of carbonyl (C=O) groups is 1. The molecule has 1 aromatic carbocycles. The van der Waals surface area contributed by atoms with Gasteiger partial charge in [-0.3, -0.25) is 4.79 Å². The number of nitrogens with zero attached hydrogens (tertiary/aromatic N) is 2. The topological polar surface area (TPSA) is 60.1 Å². The van der Waals surface area contributed by atoms with Crippen molar-refractivity contribution < 1.29 is 9.21 Å². The van der Waals surface area contributed by atoms with Gasteiger partial charge in [-0.1, -0.05) is 18.2 Å². The summed E-state index contributed by atoms with van der Waals surface area (Å²) in [7, 11) is 0. The molecule has 3 heterocycles. The van der Waals surface area contributed by atoms with Gasteiger partial charge in [0.25, 0.3) is 5.91 Å². The smallest absolute Gasteiger partial charge is 0.287 e. The zero-order valence-corrected chi connectivity index (χ0v) is 13.3. The fourth-order valence-electron chi connectivity index (χ4n) is 2.85. The SMILES string of the molecule is Cc1ccc2oc(C(=O)NCCn3ccc4ccccc43)cc2n1. The number of furan rings is 1. The van der Waals surface area contributed by atoms with E-state index in [1.807, 2.05) is 37.4 Å². The molecule has 5 nitrogen and oxygen atoms in total. The number of rotatable bonds is 4. The van der Waals surface area contributed by atoms with Crippen LogP contribution in [0.1, 0.15) is 16.2 Å². The maximum Gasteiger partial charge on any atom is 0.287 e. The van der Waals surface area contributed by atoms with E-state index in [9.17, 15) is 4.79 Å². The standard InChI is InChI=1S/C19H17N3O2/c1-13-6-7-17-15(21-13)12-18(24-17)19(23)20-9-11-22-10-8-14-4-2-3-5-16(14)22/h2-8,10,12H,9,11H2,1H3,(H,20,23). The highest BCUT2D eigenvalue weighted by Crippen LogP contribution is 2.18. The monoisotopic (exact) mass is 319 g/mol. The highest BCUT2D eigenvalue weighted by molar-refractivity contribution is 5.95. The molecule has 0 aliphatic rings. The van der Waals surface area contributed by atoms with E-state index >= 15 is 0 Å². The van der Waals surface area contributed by atoms with Crippen LogP contribution in [-0.2, 0) is 6.54 Å². The molecule has 0 unspecified atom stereocenters. The van der Waals surface area contributed by atoms with Crippen molar-refractivity contribution in [2.75, 3.05) is 6.54 Å². The summed E-state index contributed by atoms with van der Waals surface area (Å²) < 4.78 is 7.69. The number of hydrogen-bond donors (Lipinski definition) is 1. The Labute approximate surface area is 138 Å². The van der Waals surface area contributed by atoms with E-state index in [0.29, 0.717) is 29.9 Å². The zero-order chi connectivity index (χ0) is 16.5. The van der Waals surface area contributed by atoms with Crippen molar-refractivity contribution in [3.63, 3.8) is 0 Å². The van der Waals surface area contributed by atoms with E-state index in [1.54, 1.807) is 6.07 Å². The van der Waals surface area contributed by atoms with Crippen molar-refractivity contribution in [2.24, 2.45) is 0 Å². The molecule has 0 atom stereocenters. The molecule has 3 aromatic heterocycles. The lowest BCUT2D eigenvalue weighted by Crippen LogP contribution is -2.26. The van der Waals surface area contributed by atoms with Gasteiger partial charge >= 0.3 is 0 Å². The quantitative estimate of drug-likeness (QED) is 0.626. The Bertz CT molecular complexity index is 1030. The van der Waals surface area contributed by atoms with Crippen molar-refractivity contribution in [3.8, 4) is 0 Å². The van der Waals surface area contributed by atoms with Crippen LogP contribution in [-0.4, -0.2) is 22.0 Å². The van der Waals surface area contributed by atoms with Crippen molar-refractivity contribution in [3.05, 3.63) is 66.2 Å². The molecule has 5 heteroatoms. The molecule has 0 aliphatic carbocycles. The van der Waals surface area contributed by atoms with Gasteiger partial charge in [-0.25, -0.2) is 4.98 Å². The number of aromatic nitrogens is 2. The predicted octanol–water partition coefficient (Wildman–Crippen LogP) is 3.52. The third-order valence-corrected chi connectivity index (χ3v) is 4.06. The minimum Gasteiger partial charge on any atom is -0.449 e. The first-order chi connectivity index (χ1) is 11.7. The van der Waals surface area contributed by atoms with Crippen LogP contribution < -0.4 is 5.32 Å². The average molecular weight is 319 g/mol. The molecule has 0 radical (unpaired) electrons. The van der Waals surface area contributed by atoms with Crippen molar-refractivity contribution in [1.82, 2.24) is 14.9 Å². The zero-order valence-electron chi connectivity index (χ0n) is 13.3. The van der Waals surface area contributed by atoms with E-state index < -0.39 is 0 Å². The molecule has 0 saturated carbocycles. The lowest BCUT2D eigenvalue weighted by molar-refractivity contribution is 0.0927. The van der Waals surface area contributed by atoms with Crippen LogP contribution in [0.5, 0.6) is 0 Å². The molecule has 1 amide bonds. The highest BCUT2D eigenvalue weighted by Gasteiger charge is 2.12. The minimum absolute atomic E-state index is 0.220. The molecule has 120 valence electrons. The second-order valence-electron chi connectivity index (χ2n) is 5.77. The van der Waals surface area contributed by atoms with Gasteiger partial charge in [0.05, 0.1) is 0 Å². The molecule has 0 aliphatic heterocycles. The normalized spacial score (nSPS) is 11.2. The Morgan fingerprint density at radius 2 is 2.08 bits per heavy atom. The molecular formula is C19H17N3O2. The van der Waals surface area contributed by atoms with Crippen LogP contribution in [0.2, 0.25) is 0 Å². The number of hydrogen-bond acceptors (Lipinski definition) is 3. The van der Waals surface area contributed by atoms with E-state index in [4.69, 9.17) is 4.42 Å². The van der Waals surface area contributed by atoms with Gasteiger partial charge in [0, 0.05) is 36.6 Å². The van der Waals surface area contributed by atoms with E-state index in [-0.39, 0.29) is 5.91 Å². The van der Waals surface area contributed by atoms with E-state index in [0.717, 1.165) is 11.2 Å². The molecule has 24 heavy (non-hydrogen) atoms. The highest BCUT2D eigenvalue weighted by atomic mass is 16.3. The number of benzene rings is 1. The Kier molecular flexibility index (Phi) is 3.54. The first-order valence-electron chi connectivity index (χ1n) is 7.90. The van der Waals surface area contributed by atoms with Gasteiger partial charge in [-0.15, -0.1) is 0 Å². The van der Waals surface area contributed by atoms with Gasteiger partial charge in [0.2, 0.25) is 0 Å². The number of fused-ring (bicyclic) bond motifs is 2. The minimum atomic E-state index is -0.220.